The second-order valence-electron chi connectivity index (χ2n) is 9.86. The van der Waals surface area contributed by atoms with Gasteiger partial charge in [0.25, 0.3) is 11.7 Å². The van der Waals surface area contributed by atoms with E-state index >= 15 is 0 Å². The van der Waals surface area contributed by atoms with Gasteiger partial charge in [-0.25, -0.2) is 0 Å². The molecule has 6 nitrogen and oxygen atoms in total. The van der Waals surface area contributed by atoms with Gasteiger partial charge >= 0.3 is 0 Å². The number of carbonyl (C=O) groups is 2. The number of rotatable bonds is 6. The first-order chi connectivity index (χ1) is 17.6. The molecule has 0 radical (unpaired) electrons. The summed E-state index contributed by atoms with van der Waals surface area (Å²) >= 11 is 0. The molecule has 0 spiro atoms. The molecule has 0 bridgehead atoms. The average molecular weight is 500 g/mol. The van der Waals surface area contributed by atoms with Crippen molar-refractivity contribution in [2.45, 2.75) is 46.6 Å². The molecule has 1 fully saturated rings. The number of ether oxygens (including phenoxy) is 2. The normalized spacial score (nSPS) is 17.0. The van der Waals surface area contributed by atoms with Gasteiger partial charge in [0, 0.05) is 11.3 Å². The summed E-state index contributed by atoms with van der Waals surface area (Å²) in [7, 11) is 3.17. The molecular weight excluding hydrogens is 466 g/mol. The summed E-state index contributed by atoms with van der Waals surface area (Å²) in [5.41, 5.74) is 5.37. The van der Waals surface area contributed by atoms with Crippen molar-refractivity contribution in [3.8, 4) is 11.5 Å². The minimum atomic E-state index is -0.833. The van der Waals surface area contributed by atoms with Gasteiger partial charge < -0.3 is 14.6 Å². The number of aryl methyl sites for hydroxylation is 3. The standard InChI is InChI=1S/C31H33NO5/c1-17(2)24-16-25(20(5)14-26(24)37-7)29(33)27-28(21-9-8-10-23(15-21)36-6)32(31(35)30(27)34)22-12-18(3)11-19(4)13-22/h8-17,28,33H,1-7H3/b29-27+. The maximum Gasteiger partial charge on any atom is 0.300 e. The van der Waals surface area contributed by atoms with E-state index in [-0.39, 0.29) is 17.3 Å². The largest absolute Gasteiger partial charge is 0.507 e. The zero-order valence-corrected chi connectivity index (χ0v) is 22.4. The molecule has 0 saturated carbocycles. The topological polar surface area (TPSA) is 76.1 Å². The number of hydrogen-bond donors (Lipinski definition) is 1. The third kappa shape index (κ3) is 4.71. The third-order valence-corrected chi connectivity index (χ3v) is 6.79. The Kier molecular flexibility index (Phi) is 7.12. The number of methoxy groups -OCH3 is 2. The van der Waals surface area contributed by atoms with Crippen LogP contribution in [0.25, 0.3) is 5.76 Å². The first-order valence-corrected chi connectivity index (χ1v) is 12.3. The van der Waals surface area contributed by atoms with E-state index in [0.29, 0.717) is 28.3 Å². The predicted molar refractivity (Wildman–Crippen MR) is 146 cm³/mol. The summed E-state index contributed by atoms with van der Waals surface area (Å²) in [6.45, 7) is 9.81. The van der Waals surface area contributed by atoms with Crippen molar-refractivity contribution in [2.75, 3.05) is 19.1 Å². The summed E-state index contributed by atoms with van der Waals surface area (Å²) in [6, 6.07) is 15.9. The zero-order valence-electron chi connectivity index (χ0n) is 22.4. The molecule has 37 heavy (non-hydrogen) atoms. The van der Waals surface area contributed by atoms with Crippen LogP contribution in [0.5, 0.6) is 11.5 Å². The zero-order chi connectivity index (χ0) is 27.0. The average Bonchev–Trinajstić information content (AvgIpc) is 3.13. The molecular formula is C31H33NO5. The van der Waals surface area contributed by atoms with Crippen molar-refractivity contribution in [1.29, 1.82) is 0 Å². The van der Waals surface area contributed by atoms with Gasteiger partial charge in [-0.1, -0.05) is 32.0 Å². The van der Waals surface area contributed by atoms with Gasteiger partial charge in [0.15, 0.2) is 0 Å². The number of benzene rings is 3. The first-order valence-electron chi connectivity index (χ1n) is 12.3. The Morgan fingerprint density at radius 1 is 0.919 bits per heavy atom. The Labute approximate surface area is 218 Å². The van der Waals surface area contributed by atoms with Gasteiger partial charge in [0.05, 0.1) is 25.8 Å². The highest BCUT2D eigenvalue weighted by Crippen LogP contribution is 2.44. The van der Waals surface area contributed by atoms with Crippen molar-refractivity contribution in [3.05, 3.63) is 93.6 Å². The van der Waals surface area contributed by atoms with Crippen LogP contribution in [0.2, 0.25) is 0 Å². The van der Waals surface area contributed by atoms with E-state index in [1.54, 1.807) is 26.4 Å². The van der Waals surface area contributed by atoms with E-state index in [2.05, 4.69) is 0 Å². The lowest BCUT2D eigenvalue weighted by atomic mass is 9.91. The molecule has 3 aromatic rings. The molecule has 0 aliphatic carbocycles. The number of carbonyl (C=O) groups excluding carboxylic acids is 2. The number of aliphatic hydroxyl groups excluding tert-OH is 1. The number of ketones is 1. The lowest BCUT2D eigenvalue weighted by Crippen LogP contribution is -2.29. The SMILES string of the molecule is COc1cccc(C2/C(=C(\O)c3cc(C(C)C)c(OC)cc3C)C(=O)C(=O)N2c2cc(C)cc(C)c2)c1. The third-order valence-electron chi connectivity index (χ3n) is 6.79. The fraction of sp³-hybridized carbons (Fsp3) is 0.290. The summed E-state index contributed by atoms with van der Waals surface area (Å²) in [4.78, 5) is 28.6. The van der Waals surface area contributed by atoms with Crippen LogP contribution in [-0.4, -0.2) is 31.0 Å². The molecule has 1 amide bonds. The minimum Gasteiger partial charge on any atom is -0.507 e. The lowest BCUT2D eigenvalue weighted by molar-refractivity contribution is -0.132. The second-order valence-corrected chi connectivity index (χ2v) is 9.86. The maximum atomic E-state index is 13.6. The van der Waals surface area contributed by atoms with Crippen LogP contribution in [0.4, 0.5) is 5.69 Å². The van der Waals surface area contributed by atoms with Gasteiger partial charge in [0.1, 0.15) is 17.3 Å². The summed E-state index contributed by atoms with van der Waals surface area (Å²) in [5.74, 6) is -0.204. The summed E-state index contributed by atoms with van der Waals surface area (Å²) in [6.07, 6.45) is 0. The van der Waals surface area contributed by atoms with Crippen LogP contribution >= 0.6 is 0 Å². The van der Waals surface area contributed by atoms with E-state index < -0.39 is 17.7 Å². The molecule has 1 N–H and O–H groups in total. The Morgan fingerprint density at radius 2 is 1.59 bits per heavy atom. The van der Waals surface area contributed by atoms with Crippen molar-refractivity contribution in [2.24, 2.45) is 0 Å². The molecule has 1 heterocycles. The van der Waals surface area contributed by atoms with E-state index in [4.69, 9.17) is 9.47 Å². The smallest absolute Gasteiger partial charge is 0.300 e. The quantitative estimate of drug-likeness (QED) is 0.242. The van der Waals surface area contributed by atoms with Gasteiger partial charge in [-0.05, 0) is 90.9 Å². The summed E-state index contributed by atoms with van der Waals surface area (Å²) < 4.78 is 11.0. The van der Waals surface area contributed by atoms with Crippen molar-refractivity contribution >= 4 is 23.1 Å². The molecule has 4 rings (SSSR count). The van der Waals surface area contributed by atoms with Crippen LogP contribution in [-0.2, 0) is 9.59 Å². The number of hydrogen-bond acceptors (Lipinski definition) is 5. The van der Waals surface area contributed by atoms with Gasteiger partial charge in [-0.3, -0.25) is 14.5 Å². The molecule has 0 aromatic heterocycles. The van der Waals surface area contributed by atoms with Gasteiger partial charge in [-0.15, -0.1) is 0 Å². The minimum absolute atomic E-state index is 0.0420. The molecule has 192 valence electrons. The van der Waals surface area contributed by atoms with Gasteiger partial charge in [-0.2, -0.15) is 0 Å². The highest BCUT2D eigenvalue weighted by molar-refractivity contribution is 6.51. The monoisotopic (exact) mass is 499 g/mol. The number of aliphatic hydroxyl groups is 1. The van der Waals surface area contributed by atoms with E-state index in [9.17, 15) is 14.7 Å². The number of amides is 1. The highest BCUT2D eigenvalue weighted by atomic mass is 16.5. The van der Waals surface area contributed by atoms with Crippen LogP contribution < -0.4 is 14.4 Å². The number of Topliss-reactive ketones (excluding diaryl/α,β-unsaturated/α-hetero) is 1. The van der Waals surface area contributed by atoms with E-state index in [0.717, 1.165) is 22.3 Å². The van der Waals surface area contributed by atoms with E-state index in [1.165, 1.54) is 4.90 Å². The summed E-state index contributed by atoms with van der Waals surface area (Å²) in [5, 5.41) is 11.7. The van der Waals surface area contributed by atoms with Crippen molar-refractivity contribution < 1.29 is 24.2 Å². The number of nitrogens with zero attached hydrogens (tertiary/aromatic N) is 1. The predicted octanol–water partition coefficient (Wildman–Crippen LogP) is 6.38. The van der Waals surface area contributed by atoms with Crippen LogP contribution in [0.15, 0.2) is 60.2 Å². The van der Waals surface area contributed by atoms with Crippen LogP contribution in [0.3, 0.4) is 0 Å². The molecule has 6 heteroatoms. The molecule has 3 aromatic carbocycles. The molecule has 1 aliphatic rings. The fourth-order valence-corrected chi connectivity index (χ4v) is 5.04. The molecule has 1 atom stereocenters. The van der Waals surface area contributed by atoms with Crippen molar-refractivity contribution in [3.63, 3.8) is 0 Å². The fourth-order valence-electron chi connectivity index (χ4n) is 5.04. The number of anilines is 1. The first kappa shape index (κ1) is 26.0. The van der Waals surface area contributed by atoms with Gasteiger partial charge in [0.2, 0.25) is 0 Å². The Hall–Kier alpha value is -4.06. The highest BCUT2D eigenvalue weighted by Gasteiger charge is 2.47. The van der Waals surface area contributed by atoms with E-state index in [1.807, 2.05) is 77.1 Å². The van der Waals surface area contributed by atoms with Crippen molar-refractivity contribution in [1.82, 2.24) is 0 Å². The Morgan fingerprint density at radius 3 is 2.19 bits per heavy atom. The Balaban J connectivity index is 2.02. The van der Waals surface area contributed by atoms with Crippen LogP contribution in [0, 0.1) is 20.8 Å². The lowest BCUT2D eigenvalue weighted by Gasteiger charge is -2.26. The molecule has 1 aliphatic heterocycles. The molecule has 1 saturated heterocycles. The Bertz CT molecular complexity index is 1400. The second kappa shape index (κ2) is 10.1. The molecule has 1 unspecified atom stereocenters. The maximum absolute atomic E-state index is 13.6. The van der Waals surface area contributed by atoms with Crippen LogP contribution in [0.1, 0.15) is 59.2 Å².